The Morgan fingerprint density at radius 3 is 2.67 bits per heavy atom. The van der Waals surface area contributed by atoms with Crippen LogP contribution in [0.3, 0.4) is 0 Å². The first-order valence-corrected chi connectivity index (χ1v) is 9.20. The van der Waals surface area contributed by atoms with E-state index in [1.54, 1.807) is 12.1 Å². The fourth-order valence-electron chi connectivity index (χ4n) is 2.68. The van der Waals surface area contributed by atoms with E-state index < -0.39 is 6.61 Å². The zero-order valence-electron chi connectivity index (χ0n) is 14.6. The maximum atomic E-state index is 12.7. The van der Waals surface area contributed by atoms with Crippen molar-refractivity contribution in [1.82, 2.24) is 4.98 Å². The van der Waals surface area contributed by atoms with E-state index in [1.807, 2.05) is 42.6 Å². The Bertz CT molecular complexity index is 913. The summed E-state index contributed by atoms with van der Waals surface area (Å²) in [6, 6.07) is 14.1. The Labute approximate surface area is 159 Å². The molecule has 1 aromatic heterocycles. The molecular formula is C20H18F2N2O2S. The molecular weight excluding hydrogens is 370 g/mol. The lowest BCUT2D eigenvalue weighted by Gasteiger charge is -2.13. The van der Waals surface area contributed by atoms with Gasteiger partial charge in [0.2, 0.25) is 5.91 Å². The van der Waals surface area contributed by atoms with Gasteiger partial charge < -0.3 is 10.1 Å². The summed E-state index contributed by atoms with van der Waals surface area (Å²) in [6.07, 6.45) is 0.575. The third-order valence-corrected chi connectivity index (χ3v) is 4.63. The standard InChI is InChI=1S/C20H18F2N2O2S/c1-13-23-17(12-27-13)11-19(25)24-16-7-8-18(26-20(21)22)15(10-16)9-14-5-3-2-4-6-14/h2-8,10,12,20H,9,11H2,1H3,(H,24,25). The summed E-state index contributed by atoms with van der Waals surface area (Å²) in [5.41, 5.74) is 2.76. The van der Waals surface area contributed by atoms with Gasteiger partial charge in [-0.1, -0.05) is 30.3 Å². The third-order valence-electron chi connectivity index (χ3n) is 3.81. The number of nitrogens with one attached hydrogen (secondary N) is 1. The van der Waals surface area contributed by atoms with Crippen LogP contribution in [-0.2, 0) is 17.6 Å². The van der Waals surface area contributed by atoms with Crippen LogP contribution in [0.2, 0.25) is 0 Å². The molecule has 0 atom stereocenters. The number of aromatic nitrogens is 1. The highest BCUT2D eigenvalue weighted by molar-refractivity contribution is 7.09. The maximum absolute atomic E-state index is 12.7. The average Bonchev–Trinajstić information content (AvgIpc) is 3.02. The second-order valence-corrected chi connectivity index (χ2v) is 7.01. The van der Waals surface area contributed by atoms with Crippen molar-refractivity contribution in [2.75, 3.05) is 5.32 Å². The number of hydrogen-bond donors (Lipinski definition) is 1. The molecule has 3 aromatic rings. The van der Waals surface area contributed by atoms with Crippen LogP contribution < -0.4 is 10.1 Å². The number of alkyl halides is 2. The predicted molar refractivity (Wildman–Crippen MR) is 102 cm³/mol. The Balaban J connectivity index is 1.77. The van der Waals surface area contributed by atoms with Crippen LogP contribution in [-0.4, -0.2) is 17.5 Å². The van der Waals surface area contributed by atoms with Crippen LogP contribution in [0.15, 0.2) is 53.9 Å². The van der Waals surface area contributed by atoms with Gasteiger partial charge in [0, 0.05) is 23.1 Å². The zero-order chi connectivity index (χ0) is 19.2. The van der Waals surface area contributed by atoms with Gasteiger partial charge in [0.1, 0.15) is 5.75 Å². The molecule has 27 heavy (non-hydrogen) atoms. The van der Waals surface area contributed by atoms with Crippen LogP contribution in [0.25, 0.3) is 0 Å². The lowest BCUT2D eigenvalue weighted by molar-refractivity contribution is -0.115. The van der Waals surface area contributed by atoms with Gasteiger partial charge in [-0.05, 0) is 30.7 Å². The van der Waals surface area contributed by atoms with Gasteiger partial charge in [-0.25, -0.2) is 4.98 Å². The number of nitrogens with zero attached hydrogens (tertiary/aromatic N) is 1. The van der Waals surface area contributed by atoms with E-state index in [0.29, 0.717) is 23.4 Å². The molecule has 1 amide bonds. The Morgan fingerprint density at radius 1 is 1.22 bits per heavy atom. The van der Waals surface area contributed by atoms with Crippen molar-refractivity contribution < 1.29 is 18.3 Å². The second kappa shape index (κ2) is 8.73. The summed E-state index contributed by atoms with van der Waals surface area (Å²) in [4.78, 5) is 16.5. The highest BCUT2D eigenvalue weighted by Crippen LogP contribution is 2.27. The molecule has 1 N–H and O–H groups in total. The van der Waals surface area contributed by atoms with Crippen LogP contribution in [0.5, 0.6) is 5.75 Å². The van der Waals surface area contributed by atoms with Crippen molar-refractivity contribution >= 4 is 22.9 Å². The number of benzene rings is 2. The quantitative estimate of drug-likeness (QED) is 0.631. The van der Waals surface area contributed by atoms with Gasteiger partial charge in [-0.15, -0.1) is 11.3 Å². The van der Waals surface area contributed by atoms with E-state index in [1.165, 1.54) is 17.4 Å². The van der Waals surface area contributed by atoms with Gasteiger partial charge in [0.25, 0.3) is 0 Å². The largest absolute Gasteiger partial charge is 0.435 e. The Morgan fingerprint density at radius 2 is 2.00 bits per heavy atom. The zero-order valence-corrected chi connectivity index (χ0v) is 15.4. The van der Waals surface area contributed by atoms with E-state index in [0.717, 1.165) is 10.6 Å². The van der Waals surface area contributed by atoms with E-state index in [-0.39, 0.29) is 18.1 Å². The number of ether oxygens (including phenoxy) is 1. The van der Waals surface area contributed by atoms with E-state index in [2.05, 4.69) is 15.0 Å². The topological polar surface area (TPSA) is 51.2 Å². The molecule has 2 aromatic carbocycles. The summed E-state index contributed by atoms with van der Waals surface area (Å²) in [5, 5.41) is 5.53. The number of rotatable bonds is 7. The monoisotopic (exact) mass is 388 g/mol. The molecule has 0 unspecified atom stereocenters. The number of carbonyl (C=O) groups is 1. The van der Waals surface area contributed by atoms with Gasteiger partial charge in [-0.3, -0.25) is 4.79 Å². The third kappa shape index (κ3) is 5.59. The molecule has 7 heteroatoms. The first kappa shape index (κ1) is 19.0. The number of carbonyl (C=O) groups excluding carboxylic acids is 1. The first-order valence-electron chi connectivity index (χ1n) is 8.32. The van der Waals surface area contributed by atoms with E-state index >= 15 is 0 Å². The molecule has 4 nitrogen and oxygen atoms in total. The minimum absolute atomic E-state index is 0.0991. The SMILES string of the molecule is Cc1nc(CC(=O)Nc2ccc(OC(F)F)c(Cc3ccccc3)c2)cs1. The van der Waals surface area contributed by atoms with Gasteiger partial charge >= 0.3 is 6.61 Å². The first-order chi connectivity index (χ1) is 13.0. The second-order valence-electron chi connectivity index (χ2n) is 5.95. The van der Waals surface area contributed by atoms with Crippen LogP contribution in [0.4, 0.5) is 14.5 Å². The van der Waals surface area contributed by atoms with Crippen molar-refractivity contribution in [3.05, 3.63) is 75.7 Å². The molecule has 140 valence electrons. The minimum atomic E-state index is -2.91. The average molecular weight is 388 g/mol. The van der Waals surface area contributed by atoms with Gasteiger partial charge in [0.05, 0.1) is 17.1 Å². The van der Waals surface area contributed by atoms with Crippen molar-refractivity contribution in [2.24, 2.45) is 0 Å². The number of thiazole rings is 1. The highest BCUT2D eigenvalue weighted by Gasteiger charge is 2.13. The molecule has 0 saturated carbocycles. The summed E-state index contributed by atoms with van der Waals surface area (Å²) < 4.78 is 30.0. The van der Waals surface area contributed by atoms with Gasteiger partial charge in [-0.2, -0.15) is 8.78 Å². The fraction of sp³-hybridized carbons (Fsp3) is 0.200. The smallest absolute Gasteiger partial charge is 0.387 e. The number of anilines is 1. The highest BCUT2D eigenvalue weighted by atomic mass is 32.1. The van der Waals surface area contributed by atoms with E-state index in [9.17, 15) is 13.6 Å². The van der Waals surface area contributed by atoms with Crippen molar-refractivity contribution in [3.63, 3.8) is 0 Å². The van der Waals surface area contributed by atoms with Crippen molar-refractivity contribution in [3.8, 4) is 5.75 Å². The number of aryl methyl sites for hydroxylation is 1. The Hall–Kier alpha value is -2.80. The lowest BCUT2D eigenvalue weighted by atomic mass is 10.0. The molecule has 3 rings (SSSR count). The summed E-state index contributed by atoms with van der Waals surface area (Å²) >= 11 is 1.49. The molecule has 0 radical (unpaired) electrons. The molecule has 1 heterocycles. The number of hydrogen-bond acceptors (Lipinski definition) is 4. The van der Waals surface area contributed by atoms with Gasteiger partial charge in [0.15, 0.2) is 0 Å². The summed E-state index contributed by atoms with van der Waals surface area (Å²) in [5.74, 6) is -0.115. The summed E-state index contributed by atoms with van der Waals surface area (Å²) in [7, 11) is 0. The molecule has 0 fully saturated rings. The lowest BCUT2D eigenvalue weighted by Crippen LogP contribution is -2.15. The number of halogens is 2. The van der Waals surface area contributed by atoms with E-state index in [4.69, 9.17) is 0 Å². The molecule has 0 aliphatic rings. The molecule has 0 bridgehead atoms. The summed E-state index contributed by atoms with van der Waals surface area (Å²) in [6.45, 7) is -1.03. The fourth-order valence-corrected chi connectivity index (χ4v) is 3.29. The van der Waals surface area contributed by atoms with Crippen molar-refractivity contribution in [2.45, 2.75) is 26.4 Å². The molecule has 0 aliphatic carbocycles. The number of amides is 1. The van der Waals surface area contributed by atoms with Crippen LogP contribution >= 0.6 is 11.3 Å². The molecule has 0 aliphatic heterocycles. The van der Waals surface area contributed by atoms with Crippen molar-refractivity contribution in [1.29, 1.82) is 0 Å². The minimum Gasteiger partial charge on any atom is -0.435 e. The van der Waals surface area contributed by atoms with Crippen LogP contribution in [0, 0.1) is 6.92 Å². The normalized spacial score (nSPS) is 10.8. The molecule has 0 saturated heterocycles. The Kier molecular flexibility index (Phi) is 6.13. The predicted octanol–water partition coefficient (Wildman–Crippen LogP) is 4.82. The maximum Gasteiger partial charge on any atom is 0.387 e. The molecule has 0 spiro atoms. The van der Waals surface area contributed by atoms with Crippen LogP contribution in [0.1, 0.15) is 21.8 Å².